The molecule has 0 radical (unpaired) electrons. The van der Waals surface area contributed by atoms with Gasteiger partial charge in [0.1, 0.15) is 0 Å². The third kappa shape index (κ3) is 13.2. The van der Waals surface area contributed by atoms with Crippen LogP contribution in [0.3, 0.4) is 0 Å². The van der Waals surface area contributed by atoms with E-state index in [1.165, 1.54) is 12.8 Å². The minimum atomic E-state index is -3.92. The molecule has 0 bridgehead atoms. The summed E-state index contributed by atoms with van der Waals surface area (Å²) in [5.74, 6) is 0.320. The van der Waals surface area contributed by atoms with Crippen molar-refractivity contribution in [1.29, 1.82) is 0 Å². The number of para-hydroxylation sites is 1. The number of nitrogens with one attached hydrogen (secondary N) is 2. The van der Waals surface area contributed by atoms with Crippen molar-refractivity contribution in [2.45, 2.75) is 149 Å². The van der Waals surface area contributed by atoms with Gasteiger partial charge in [-0.25, -0.2) is 18.6 Å². The van der Waals surface area contributed by atoms with Crippen LogP contribution in [0.25, 0.3) is 0 Å². The van der Waals surface area contributed by atoms with E-state index in [0.717, 1.165) is 61.6 Å². The van der Waals surface area contributed by atoms with Gasteiger partial charge >= 0.3 is 6.09 Å². The van der Waals surface area contributed by atoms with Crippen LogP contribution in [0.1, 0.15) is 154 Å². The average molecular weight is 722 g/mol. The van der Waals surface area contributed by atoms with Crippen LogP contribution in [0.4, 0.5) is 21.9 Å². The van der Waals surface area contributed by atoms with Gasteiger partial charge in [-0.15, -0.1) is 0 Å². The smallest absolute Gasteiger partial charge is 0.418 e. The molecule has 2 N–H and O–H groups in total. The third-order valence-electron chi connectivity index (χ3n) is 9.03. The molecule has 3 aromatic rings. The zero-order chi connectivity index (χ0) is 37.4. The summed E-state index contributed by atoms with van der Waals surface area (Å²) in [6, 6.07) is 20.5. The van der Waals surface area contributed by atoms with Gasteiger partial charge in [0.2, 0.25) is 6.29 Å². The van der Waals surface area contributed by atoms with Crippen molar-refractivity contribution in [3.63, 3.8) is 0 Å². The molecule has 0 spiro atoms. The third-order valence-corrected chi connectivity index (χ3v) is 10.5. The number of amides is 1. The number of hydrogen-bond acceptors (Lipinski definition) is 6. The van der Waals surface area contributed by atoms with Gasteiger partial charge < -0.3 is 9.47 Å². The van der Waals surface area contributed by atoms with Crippen molar-refractivity contribution in [3.05, 3.63) is 83.4 Å². The summed E-state index contributed by atoms with van der Waals surface area (Å²) in [5.41, 5.74) is 7.44. The van der Waals surface area contributed by atoms with Crippen molar-refractivity contribution >= 4 is 33.2 Å². The second-order valence-electron chi connectivity index (χ2n) is 14.4. The number of carbonyl (C=O) groups excluding carboxylic acids is 1. The predicted octanol–water partition coefficient (Wildman–Crippen LogP) is 11.9. The summed E-state index contributed by atoms with van der Waals surface area (Å²) < 4.78 is 42.9. The molecule has 0 aliphatic heterocycles. The van der Waals surface area contributed by atoms with Crippen molar-refractivity contribution in [1.82, 2.24) is 5.43 Å². The lowest BCUT2D eigenvalue weighted by molar-refractivity contribution is -0.109. The van der Waals surface area contributed by atoms with Crippen LogP contribution in [0.5, 0.6) is 0 Å². The topological polar surface area (TPSA) is 97.0 Å². The van der Waals surface area contributed by atoms with Gasteiger partial charge in [0.15, 0.2) is 0 Å². The lowest BCUT2D eigenvalue weighted by Gasteiger charge is -2.27. The molecule has 3 rings (SSSR count). The largest absolute Gasteiger partial charge is 0.428 e. The Bertz CT molecular complexity index is 1530. The van der Waals surface area contributed by atoms with Gasteiger partial charge in [-0.1, -0.05) is 131 Å². The molecule has 0 saturated heterocycles. The summed E-state index contributed by atoms with van der Waals surface area (Å²) >= 11 is 0. The summed E-state index contributed by atoms with van der Waals surface area (Å²) in [7, 11) is -3.92. The Balaban J connectivity index is 1.83. The molecular weight excluding hydrogens is 659 g/mol. The van der Waals surface area contributed by atoms with E-state index in [1.54, 1.807) is 29.3 Å². The summed E-state index contributed by atoms with van der Waals surface area (Å²) in [4.78, 5) is 13.7. The van der Waals surface area contributed by atoms with Gasteiger partial charge in [0, 0.05) is 12.1 Å². The maximum Gasteiger partial charge on any atom is 0.428 e. The van der Waals surface area contributed by atoms with Crippen LogP contribution in [-0.2, 0) is 19.5 Å². The molecule has 1 amide bonds. The first-order chi connectivity index (χ1) is 24.4. The van der Waals surface area contributed by atoms with E-state index in [4.69, 9.17) is 9.47 Å². The molecule has 3 aromatic carbocycles. The molecule has 51 heavy (non-hydrogen) atoms. The van der Waals surface area contributed by atoms with E-state index in [-0.39, 0.29) is 17.8 Å². The molecule has 9 heteroatoms. The first-order valence-electron chi connectivity index (χ1n) is 19.1. The molecule has 0 fully saturated rings. The number of unbranched alkanes of at least 4 members (excludes halogenated alkanes) is 7. The molecule has 8 nitrogen and oxygen atoms in total. The normalized spacial score (nSPS) is 12.4. The fraction of sp³-hybridized carbons (Fsp3) is 0.548. The molecule has 0 heterocycles. The van der Waals surface area contributed by atoms with Crippen LogP contribution in [-0.4, -0.2) is 27.4 Å². The second kappa shape index (κ2) is 21.1. The molecule has 0 aliphatic carbocycles. The predicted molar refractivity (Wildman–Crippen MR) is 211 cm³/mol. The Morgan fingerprint density at radius 2 is 1.25 bits per heavy atom. The number of hydrazine groups is 1. The van der Waals surface area contributed by atoms with Crippen LogP contribution < -0.4 is 15.2 Å². The van der Waals surface area contributed by atoms with E-state index >= 15 is 0 Å². The number of ether oxygens (including phenoxy) is 2. The van der Waals surface area contributed by atoms with E-state index < -0.39 is 22.4 Å². The highest BCUT2D eigenvalue weighted by atomic mass is 32.2. The molecule has 0 aliphatic rings. The zero-order valence-electron chi connectivity index (χ0n) is 32.3. The van der Waals surface area contributed by atoms with Gasteiger partial charge in [-0.2, -0.15) is 0 Å². The maximum absolute atomic E-state index is 14.1. The number of anilines is 3. The standard InChI is InChI=1S/C42H63N3O5S/c1-9-11-13-15-19-23-40(49-28-20-14-12-10-2)50-42(46)43-45(36-21-17-16-18-22-36)37-26-24-35(25-27-37)44-51(47,48)41-38(32(5)6)29-34(31(3)4)30-39(41)33(7)8/h16-18,21-22,24-27,29-33,40,44H,9-15,19-20,23,28H2,1-8H3,(H,43,46). The van der Waals surface area contributed by atoms with Crippen LogP contribution in [0, 0.1) is 0 Å². The summed E-state index contributed by atoms with van der Waals surface area (Å²) in [6.45, 7) is 17.3. The Labute approximate surface area is 308 Å². The van der Waals surface area contributed by atoms with Crippen LogP contribution in [0.15, 0.2) is 71.6 Å². The Kier molecular flexibility index (Phi) is 17.3. The first-order valence-corrected chi connectivity index (χ1v) is 20.6. The van der Waals surface area contributed by atoms with E-state index in [1.807, 2.05) is 70.2 Å². The fourth-order valence-corrected chi connectivity index (χ4v) is 7.77. The zero-order valence-corrected chi connectivity index (χ0v) is 33.2. The lowest BCUT2D eigenvalue weighted by atomic mass is 9.89. The number of benzene rings is 3. The van der Waals surface area contributed by atoms with Crippen LogP contribution >= 0.6 is 0 Å². The molecular formula is C42H63N3O5S. The second-order valence-corrected chi connectivity index (χ2v) is 16.0. The van der Waals surface area contributed by atoms with Gasteiger partial charge in [-0.05, 0) is 83.7 Å². The fourth-order valence-electron chi connectivity index (χ4n) is 6.01. The van der Waals surface area contributed by atoms with E-state index in [2.05, 4.69) is 37.8 Å². The number of sulfonamides is 1. The maximum atomic E-state index is 14.1. The number of nitrogens with zero attached hydrogens (tertiary/aromatic N) is 1. The quantitative estimate of drug-likeness (QED) is 0.0609. The highest BCUT2D eigenvalue weighted by Crippen LogP contribution is 2.36. The van der Waals surface area contributed by atoms with Gasteiger partial charge in [0.05, 0.1) is 22.9 Å². The molecule has 1 unspecified atom stereocenters. The minimum Gasteiger partial charge on any atom is -0.418 e. The highest BCUT2D eigenvalue weighted by molar-refractivity contribution is 7.92. The van der Waals surface area contributed by atoms with Gasteiger partial charge in [0.25, 0.3) is 10.0 Å². The average Bonchev–Trinajstić information content (AvgIpc) is 3.10. The molecule has 0 saturated carbocycles. The van der Waals surface area contributed by atoms with E-state index in [0.29, 0.717) is 35.0 Å². The van der Waals surface area contributed by atoms with E-state index in [9.17, 15) is 13.2 Å². The Hall–Kier alpha value is -3.56. The highest BCUT2D eigenvalue weighted by Gasteiger charge is 2.27. The van der Waals surface area contributed by atoms with Crippen molar-refractivity contribution in [2.75, 3.05) is 16.3 Å². The minimum absolute atomic E-state index is 0.0209. The lowest BCUT2D eigenvalue weighted by Crippen LogP contribution is -2.41. The summed E-state index contributed by atoms with van der Waals surface area (Å²) in [5, 5.41) is 1.64. The Morgan fingerprint density at radius 3 is 1.80 bits per heavy atom. The number of rotatable bonds is 22. The van der Waals surface area contributed by atoms with Gasteiger partial charge in [-0.3, -0.25) is 9.73 Å². The monoisotopic (exact) mass is 721 g/mol. The van der Waals surface area contributed by atoms with Crippen molar-refractivity contribution in [2.24, 2.45) is 0 Å². The van der Waals surface area contributed by atoms with Crippen molar-refractivity contribution < 1.29 is 22.7 Å². The number of hydrogen-bond donors (Lipinski definition) is 2. The Morgan fingerprint density at radius 1 is 0.706 bits per heavy atom. The summed E-state index contributed by atoms with van der Waals surface area (Å²) in [6.07, 6.45) is 9.21. The first kappa shape index (κ1) is 41.9. The SMILES string of the molecule is CCCCCCCC(OCCCCCC)OC(=O)NN(c1ccccc1)c1ccc(NS(=O)(=O)c2c(C(C)C)cc(C(C)C)cc2C(C)C)cc1. The van der Waals surface area contributed by atoms with Crippen LogP contribution in [0.2, 0.25) is 0 Å². The van der Waals surface area contributed by atoms with Crippen molar-refractivity contribution in [3.8, 4) is 0 Å². The molecule has 0 aromatic heterocycles. The molecule has 282 valence electrons. The number of carbonyl (C=O) groups is 1. The molecule has 1 atom stereocenters.